The fraction of sp³-hybridized carbons (Fsp3) is 0.625. The number of H-pyrrole nitrogens is 1. The minimum absolute atomic E-state index is 0.389. The van der Waals surface area contributed by atoms with Crippen molar-refractivity contribution in [2.24, 2.45) is 11.3 Å². The summed E-state index contributed by atoms with van der Waals surface area (Å²) in [5.41, 5.74) is 1.33. The first kappa shape index (κ1) is 13.4. The van der Waals surface area contributed by atoms with Crippen LogP contribution in [-0.4, -0.2) is 28.0 Å². The van der Waals surface area contributed by atoms with Gasteiger partial charge in [-0.05, 0) is 30.2 Å². The molecular formula is C16H24N4. The lowest BCUT2D eigenvalue weighted by Gasteiger charge is -2.46. The van der Waals surface area contributed by atoms with Crippen LogP contribution in [0.5, 0.6) is 0 Å². The van der Waals surface area contributed by atoms with Crippen molar-refractivity contribution in [2.75, 3.05) is 18.0 Å². The minimum atomic E-state index is 0.389. The van der Waals surface area contributed by atoms with Gasteiger partial charge in [0, 0.05) is 19.3 Å². The van der Waals surface area contributed by atoms with E-state index in [0.29, 0.717) is 5.41 Å². The van der Waals surface area contributed by atoms with Crippen molar-refractivity contribution in [1.29, 1.82) is 0 Å². The van der Waals surface area contributed by atoms with Crippen LogP contribution in [0.3, 0.4) is 0 Å². The first-order valence-corrected chi connectivity index (χ1v) is 7.71. The number of rotatable bonds is 3. The van der Waals surface area contributed by atoms with Crippen molar-refractivity contribution >= 4 is 16.9 Å². The molecule has 4 nitrogen and oxygen atoms in total. The number of aromatic nitrogens is 3. The van der Waals surface area contributed by atoms with E-state index in [4.69, 9.17) is 0 Å². The minimum Gasteiger partial charge on any atom is -0.355 e. The van der Waals surface area contributed by atoms with Crippen molar-refractivity contribution in [2.45, 2.75) is 40.0 Å². The maximum Gasteiger partial charge on any atom is 0.142 e. The Hall–Kier alpha value is -1.58. The van der Waals surface area contributed by atoms with Gasteiger partial charge in [0.05, 0.1) is 5.39 Å². The van der Waals surface area contributed by atoms with Crippen molar-refractivity contribution in [3.05, 3.63) is 18.6 Å². The number of aromatic amines is 1. The van der Waals surface area contributed by atoms with Crippen LogP contribution < -0.4 is 4.90 Å². The molecule has 1 fully saturated rings. The topological polar surface area (TPSA) is 44.8 Å². The first-order valence-electron chi connectivity index (χ1n) is 7.71. The second kappa shape index (κ2) is 5.08. The molecule has 1 aliphatic rings. The Labute approximate surface area is 120 Å². The number of fused-ring (bicyclic) bond motifs is 1. The van der Waals surface area contributed by atoms with Gasteiger partial charge in [0.1, 0.15) is 17.8 Å². The monoisotopic (exact) mass is 272 g/mol. The van der Waals surface area contributed by atoms with Gasteiger partial charge in [0.2, 0.25) is 0 Å². The molecule has 0 saturated carbocycles. The maximum absolute atomic E-state index is 4.55. The summed E-state index contributed by atoms with van der Waals surface area (Å²) in [6, 6.07) is 2.08. The van der Waals surface area contributed by atoms with Crippen molar-refractivity contribution in [1.82, 2.24) is 15.0 Å². The third-order valence-electron chi connectivity index (χ3n) is 5.22. The Balaban J connectivity index is 1.94. The fourth-order valence-corrected chi connectivity index (χ4v) is 3.69. The average molecular weight is 272 g/mol. The largest absolute Gasteiger partial charge is 0.355 e. The van der Waals surface area contributed by atoms with E-state index in [9.17, 15) is 0 Å². The Kier molecular flexibility index (Phi) is 3.40. The lowest BCUT2D eigenvalue weighted by molar-refractivity contribution is 0.140. The highest BCUT2D eigenvalue weighted by Gasteiger charge is 2.37. The molecule has 2 aromatic rings. The smallest absolute Gasteiger partial charge is 0.142 e. The standard InChI is InChI=1S/C16H24N4/c1-4-12-7-9-20(10-16(12,3)5-2)15-13-6-8-17-14(13)18-11-19-15/h6,8,11-12H,4-5,7,9-10H2,1-3H3,(H,17,18,19). The van der Waals surface area contributed by atoms with Crippen LogP contribution in [0.4, 0.5) is 5.82 Å². The van der Waals surface area contributed by atoms with E-state index in [1.54, 1.807) is 6.33 Å². The third kappa shape index (κ3) is 2.07. The van der Waals surface area contributed by atoms with Crippen LogP contribution in [-0.2, 0) is 0 Å². The molecule has 3 rings (SSSR count). The molecule has 0 radical (unpaired) electrons. The molecule has 0 aliphatic carbocycles. The van der Waals surface area contributed by atoms with E-state index >= 15 is 0 Å². The molecule has 3 heterocycles. The van der Waals surface area contributed by atoms with Crippen LogP contribution >= 0.6 is 0 Å². The first-order chi connectivity index (χ1) is 9.68. The Morgan fingerprint density at radius 1 is 1.40 bits per heavy atom. The van der Waals surface area contributed by atoms with Gasteiger partial charge in [-0.3, -0.25) is 0 Å². The van der Waals surface area contributed by atoms with Gasteiger partial charge in [-0.1, -0.05) is 27.2 Å². The summed E-state index contributed by atoms with van der Waals surface area (Å²) in [6.07, 6.45) is 7.38. The summed E-state index contributed by atoms with van der Waals surface area (Å²) in [5.74, 6) is 1.91. The Morgan fingerprint density at radius 3 is 3.00 bits per heavy atom. The van der Waals surface area contributed by atoms with E-state index in [-0.39, 0.29) is 0 Å². The molecule has 2 aromatic heterocycles. The fourth-order valence-electron chi connectivity index (χ4n) is 3.69. The Morgan fingerprint density at radius 2 is 2.25 bits per heavy atom. The van der Waals surface area contributed by atoms with Crippen LogP contribution in [0.25, 0.3) is 11.0 Å². The summed E-state index contributed by atoms with van der Waals surface area (Å²) >= 11 is 0. The molecule has 108 valence electrons. The lowest BCUT2D eigenvalue weighted by atomic mass is 9.69. The average Bonchev–Trinajstić information content (AvgIpc) is 2.95. The normalized spacial score (nSPS) is 27.1. The summed E-state index contributed by atoms with van der Waals surface area (Å²) in [7, 11) is 0. The second-order valence-corrected chi connectivity index (χ2v) is 6.26. The highest BCUT2D eigenvalue weighted by atomic mass is 15.2. The summed E-state index contributed by atoms with van der Waals surface area (Å²) in [6.45, 7) is 9.27. The van der Waals surface area contributed by atoms with E-state index in [1.165, 1.54) is 19.3 Å². The number of anilines is 1. The van der Waals surface area contributed by atoms with Crippen molar-refractivity contribution in [3.8, 4) is 0 Å². The molecule has 0 amide bonds. The molecular weight excluding hydrogens is 248 g/mol. The van der Waals surface area contributed by atoms with Gasteiger partial charge in [0.15, 0.2) is 0 Å². The van der Waals surface area contributed by atoms with Gasteiger partial charge in [-0.15, -0.1) is 0 Å². The second-order valence-electron chi connectivity index (χ2n) is 6.26. The number of nitrogens with one attached hydrogen (secondary N) is 1. The number of nitrogens with zero attached hydrogens (tertiary/aromatic N) is 3. The van der Waals surface area contributed by atoms with Crippen LogP contribution in [0.2, 0.25) is 0 Å². The highest BCUT2D eigenvalue weighted by Crippen LogP contribution is 2.41. The van der Waals surface area contributed by atoms with Gasteiger partial charge >= 0.3 is 0 Å². The zero-order chi connectivity index (χ0) is 14.2. The SMILES string of the molecule is CCC1CCN(c2ncnc3[nH]ccc23)CC1(C)CC. The van der Waals surface area contributed by atoms with Crippen LogP contribution in [0.15, 0.2) is 18.6 Å². The van der Waals surface area contributed by atoms with Gasteiger partial charge in [-0.25, -0.2) is 9.97 Å². The lowest BCUT2D eigenvalue weighted by Crippen LogP contribution is -2.47. The predicted molar refractivity (Wildman–Crippen MR) is 82.9 cm³/mol. The molecule has 0 spiro atoms. The van der Waals surface area contributed by atoms with Crippen LogP contribution in [0.1, 0.15) is 40.0 Å². The van der Waals surface area contributed by atoms with Gasteiger partial charge in [0.25, 0.3) is 0 Å². The molecule has 20 heavy (non-hydrogen) atoms. The third-order valence-corrected chi connectivity index (χ3v) is 5.22. The number of hydrogen-bond donors (Lipinski definition) is 1. The van der Waals surface area contributed by atoms with Gasteiger partial charge < -0.3 is 9.88 Å². The Bertz CT molecular complexity index is 591. The predicted octanol–water partition coefficient (Wildman–Crippen LogP) is 3.61. The van der Waals surface area contributed by atoms with E-state index in [0.717, 1.165) is 35.9 Å². The molecule has 2 atom stereocenters. The van der Waals surface area contributed by atoms with Crippen molar-refractivity contribution < 1.29 is 0 Å². The molecule has 1 saturated heterocycles. The summed E-state index contributed by atoms with van der Waals surface area (Å²) in [5, 5.41) is 1.14. The van der Waals surface area contributed by atoms with Gasteiger partial charge in [-0.2, -0.15) is 0 Å². The molecule has 0 bridgehead atoms. The summed E-state index contributed by atoms with van der Waals surface area (Å²) in [4.78, 5) is 14.5. The number of hydrogen-bond acceptors (Lipinski definition) is 3. The zero-order valence-corrected chi connectivity index (χ0v) is 12.7. The zero-order valence-electron chi connectivity index (χ0n) is 12.7. The van der Waals surface area contributed by atoms with Crippen LogP contribution in [0, 0.1) is 11.3 Å². The van der Waals surface area contributed by atoms with E-state index < -0.39 is 0 Å². The summed E-state index contributed by atoms with van der Waals surface area (Å²) < 4.78 is 0. The molecule has 0 aromatic carbocycles. The highest BCUT2D eigenvalue weighted by molar-refractivity contribution is 5.87. The molecule has 1 N–H and O–H groups in total. The molecule has 1 aliphatic heterocycles. The maximum atomic E-state index is 4.55. The van der Waals surface area contributed by atoms with E-state index in [1.807, 2.05) is 6.20 Å². The van der Waals surface area contributed by atoms with E-state index in [2.05, 4.69) is 46.7 Å². The molecule has 4 heteroatoms. The van der Waals surface area contributed by atoms with Crippen molar-refractivity contribution in [3.63, 3.8) is 0 Å². The number of piperidine rings is 1. The molecule has 2 unspecified atom stereocenters. The quantitative estimate of drug-likeness (QED) is 0.928.